The first kappa shape index (κ1) is 28.5. The summed E-state index contributed by atoms with van der Waals surface area (Å²) in [4.78, 5) is 0. The predicted molar refractivity (Wildman–Crippen MR) is 166 cm³/mol. The third-order valence-electron chi connectivity index (χ3n) is 7.20. The fourth-order valence-corrected chi connectivity index (χ4v) is 5.14. The Morgan fingerprint density at radius 1 is 1.16 bits per heavy atom. The zero-order valence-electron chi connectivity index (χ0n) is 23.0. The van der Waals surface area contributed by atoms with E-state index in [0.29, 0.717) is 17.8 Å². The number of allylic oxidation sites excluding steroid dienone is 6. The summed E-state index contributed by atoms with van der Waals surface area (Å²) in [5.41, 5.74) is 9.62. The van der Waals surface area contributed by atoms with Crippen LogP contribution in [0.25, 0.3) is 0 Å². The van der Waals surface area contributed by atoms with Crippen LogP contribution in [0.4, 0.5) is 11.4 Å². The molecular formula is C33H43N3S. The van der Waals surface area contributed by atoms with Crippen LogP contribution in [0.1, 0.15) is 38.7 Å². The highest BCUT2D eigenvalue weighted by atomic mass is 32.2. The van der Waals surface area contributed by atoms with E-state index in [1.54, 1.807) is 11.8 Å². The van der Waals surface area contributed by atoms with Crippen molar-refractivity contribution in [2.75, 3.05) is 16.9 Å². The van der Waals surface area contributed by atoms with Gasteiger partial charge < -0.3 is 16.0 Å². The van der Waals surface area contributed by atoms with Gasteiger partial charge in [-0.3, -0.25) is 0 Å². The maximum Gasteiger partial charge on any atom is 0.0413 e. The molecule has 0 spiro atoms. The van der Waals surface area contributed by atoms with E-state index in [0.717, 1.165) is 58.1 Å². The van der Waals surface area contributed by atoms with Crippen LogP contribution in [0, 0.1) is 30.6 Å². The van der Waals surface area contributed by atoms with E-state index in [-0.39, 0.29) is 5.92 Å². The van der Waals surface area contributed by atoms with Gasteiger partial charge in [0.05, 0.1) is 0 Å². The molecule has 1 aromatic carbocycles. The summed E-state index contributed by atoms with van der Waals surface area (Å²) in [7, 11) is 0. The Labute approximate surface area is 229 Å². The summed E-state index contributed by atoms with van der Waals surface area (Å²) in [6.45, 7) is 27.5. The van der Waals surface area contributed by atoms with Gasteiger partial charge in [-0.05, 0) is 79.5 Å². The summed E-state index contributed by atoms with van der Waals surface area (Å²) in [5, 5.41) is 12.5. The zero-order valence-corrected chi connectivity index (χ0v) is 23.8. The molecule has 2 aliphatic rings. The molecule has 3 rings (SSSR count). The molecule has 0 heterocycles. The van der Waals surface area contributed by atoms with Crippen molar-refractivity contribution < 1.29 is 0 Å². The van der Waals surface area contributed by atoms with Crippen molar-refractivity contribution in [3.63, 3.8) is 0 Å². The van der Waals surface area contributed by atoms with Gasteiger partial charge in [-0.15, -0.1) is 11.8 Å². The fraction of sp³-hybridized carbons (Fsp3) is 0.333. The summed E-state index contributed by atoms with van der Waals surface area (Å²) >= 11 is 1.63. The smallest absolute Gasteiger partial charge is 0.0413 e. The molecule has 1 saturated carbocycles. The zero-order chi connectivity index (χ0) is 27.1. The predicted octanol–water partition coefficient (Wildman–Crippen LogP) is 9.08. The highest BCUT2D eigenvalue weighted by Gasteiger charge is 2.32. The van der Waals surface area contributed by atoms with E-state index < -0.39 is 0 Å². The second-order valence-corrected chi connectivity index (χ2v) is 11.2. The van der Waals surface area contributed by atoms with Crippen molar-refractivity contribution in [3.05, 3.63) is 120 Å². The molecule has 2 aliphatic carbocycles. The van der Waals surface area contributed by atoms with Crippen molar-refractivity contribution in [1.29, 1.82) is 0 Å². The van der Waals surface area contributed by atoms with Gasteiger partial charge in [0.25, 0.3) is 0 Å². The molecule has 3 N–H and O–H groups in total. The van der Waals surface area contributed by atoms with Crippen LogP contribution in [0.15, 0.2) is 115 Å². The van der Waals surface area contributed by atoms with E-state index in [1.165, 1.54) is 12.0 Å². The molecular weight excluding hydrogens is 470 g/mol. The molecule has 196 valence electrons. The molecule has 0 saturated heterocycles. The number of anilines is 2. The number of hydrogen-bond acceptors (Lipinski definition) is 4. The monoisotopic (exact) mass is 513 g/mol. The molecule has 37 heavy (non-hydrogen) atoms. The standard InChI is InChI=1S/C33H43N3S/c1-10-27(20-37-9)24(6)34-31-15-16-33(23(5)18-31)36-25(7)28-11-13-30(14-12-28)35-26(8)32(21(2)3)19-29-17-22(29)4/h10-11,13-16,18,20-21,28-29,32,34-36H,1,4,6-8,12,17,19H2,2-3,5,9H3/b27-20+. The molecule has 1 aromatic rings. The quantitative estimate of drug-likeness (QED) is 0.171. The van der Waals surface area contributed by atoms with Gasteiger partial charge in [0.1, 0.15) is 0 Å². The maximum absolute atomic E-state index is 4.38. The van der Waals surface area contributed by atoms with Crippen LogP contribution in [-0.4, -0.2) is 6.26 Å². The molecule has 0 aliphatic heterocycles. The third-order valence-corrected chi connectivity index (χ3v) is 7.69. The maximum atomic E-state index is 4.38. The van der Waals surface area contributed by atoms with Crippen molar-refractivity contribution >= 4 is 23.1 Å². The van der Waals surface area contributed by atoms with Crippen LogP contribution in [-0.2, 0) is 0 Å². The first-order valence-corrected chi connectivity index (χ1v) is 14.3. The first-order valence-electron chi connectivity index (χ1n) is 13.0. The lowest BCUT2D eigenvalue weighted by atomic mass is 9.87. The van der Waals surface area contributed by atoms with E-state index >= 15 is 0 Å². The molecule has 0 amide bonds. The van der Waals surface area contributed by atoms with Crippen LogP contribution in [0.3, 0.4) is 0 Å². The molecule has 0 aromatic heterocycles. The van der Waals surface area contributed by atoms with Gasteiger partial charge in [0.15, 0.2) is 0 Å². The minimum Gasteiger partial charge on any atom is -0.359 e. The molecule has 1 fully saturated rings. The van der Waals surface area contributed by atoms with Gasteiger partial charge in [0, 0.05) is 51.6 Å². The fourth-order valence-electron chi connectivity index (χ4n) is 4.64. The van der Waals surface area contributed by atoms with E-state index in [1.807, 2.05) is 17.7 Å². The van der Waals surface area contributed by atoms with E-state index in [9.17, 15) is 0 Å². The normalized spacial score (nSPS) is 19.6. The molecule has 0 bridgehead atoms. The van der Waals surface area contributed by atoms with Crippen molar-refractivity contribution in [1.82, 2.24) is 5.32 Å². The lowest BCUT2D eigenvalue weighted by Crippen LogP contribution is -2.24. The highest BCUT2D eigenvalue weighted by molar-refractivity contribution is 8.01. The first-order chi connectivity index (χ1) is 17.6. The summed E-state index contributed by atoms with van der Waals surface area (Å²) in [5.74, 6) is 1.92. The summed E-state index contributed by atoms with van der Waals surface area (Å²) < 4.78 is 0. The average molecular weight is 514 g/mol. The second-order valence-electron chi connectivity index (χ2n) is 10.5. The van der Waals surface area contributed by atoms with Gasteiger partial charge >= 0.3 is 0 Å². The number of thioether (sulfide) groups is 1. The average Bonchev–Trinajstić information content (AvgIpc) is 3.57. The third kappa shape index (κ3) is 7.93. The summed E-state index contributed by atoms with van der Waals surface area (Å²) in [6, 6.07) is 6.26. The van der Waals surface area contributed by atoms with Crippen molar-refractivity contribution in [3.8, 4) is 0 Å². The molecule has 3 nitrogen and oxygen atoms in total. The Morgan fingerprint density at radius 2 is 1.89 bits per heavy atom. The number of aryl methyl sites for hydroxylation is 1. The molecule has 4 heteroatoms. The number of nitrogens with one attached hydrogen (secondary N) is 3. The van der Waals surface area contributed by atoms with Crippen LogP contribution in [0.2, 0.25) is 0 Å². The minimum atomic E-state index is 0.235. The van der Waals surface area contributed by atoms with Gasteiger partial charge in [-0.25, -0.2) is 0 Å². The number of benzene rings is 1. The number of hydrogen-bond donors (Lipinski definition) is 3. The van der Waals surface area contributed by atoms with E-state index in [4.69, 9.17) is 0 Å². The Bertz CT molecular complexity index is 1160. The van der Waals surface area contributed by atoms with Crippen LogP contribution < -0.4 is 16.0 Å². The highest BCUT2D eigenvalue weighted by Crippen LogP contribution is 2.43. The van der Waals surface area contributed by atoms with Crippen LogP contribution >= 0.6 is 11.8 Å². The Hall–Kier alpha value is -3.11. The molecule has 0 radical (unpaired) electrons. The Kier molecular flexibility index (Phi) is 9.93. The SMILES string of the molecule is C=C/C(=C\SC)C(=C)Nc1ccc(NC(=C)C2C=CC(NC(=C)C(CC3CC3=C)C(C)C)=CC2)c(C)c1. The van der Waals surface area contributed by atoms with Crippen molar-refractivity contribution in [2.45, 2.75) is 40.0 Å². The Balaban J connectivity index is 1.54. The lowest BCUT2D eigenvalue weighted by Gasteiger charge is -2.26. The minimum absolute atomic E-state index is 0.235. The van der Waals surface area contributed by atoms with Crippen LogP contribution in [0.5, 0.6) is 0 Å². The van der Waals surface area contributed by atoms with Gasteiger partial charge in [-0.1, -0.05) is 70.5 Å². The number of rotatable bonds is 14. The molecule has 3 unspecified atom stereocenters. The topological polar surface area (TPSA) is 36.1 Å². The van der Waals surface area contributed by atoms with Gasteiger partial charge in [0.2, 0.25) is 0 Å². The molecule has 3 atom stereocenters. The van der Waals surface area contributed by atoms with E-state index in [2.05, 4.69) is 106 Å². The lowest BCUT2D eigenvalue weighted by molar-refractivity contribution is 0.386. The largest absolute Gasteiger partial charge is 0.359 e. The summed E-state index contributed by atoms with van der Waals surface area (Å²) in [6.07, 6.45) is 13.7. The van der Waals surface area contributed by atoms with Gasteiger partial charge in [-0.2, -0.15) is 0 Å². The van der Waals surface area contributed by atoms with Crippen molar-refractivity contribution in [2.24, 2.45) is 23.7 Å². The Morgan fingerprint density at radius 3 is 2.43 bits per heavy atom. The second kappa shape index (κ2) is 12.9.